The fraction of sp³-hybridized carbons (Fsp3) is 0.417. The number of hydrogen-bond acceptors (Lipinski definition) is 3. The van der Waals surface area contributed by atoms with E-state index < -0.39 is 11.7 Å². The number of anilines is 1. The van der Waals surface area contributed by atoms with Gasteiger partial charge < -0.3 is 15.7 Å². The van der Waals surface area contributed by atoms with Crippen molar-refractivity contribution < 1.29 is 14.3 Å². The average molecular weight is 240 g/mol. The molecule has 0 heterocycles. The Morgan fingerprint density at radius 2 is 2.24 bits per heavy atom. The number of amides is 1. The molecule has 4 nitrogen and oxygen atoms in total. The summed E-state index contributed by atoms with van der Waals surface area (Å²) in [5, 5.41) is 8.73. The van der Waals surface area contributed by atoms with Crippen molar-refractivity contribution >= 4 is 11.6 Å². The van der Waals surface area contributed by atoms with Gasteiger partial charge in [-0.2, -0.15) is 0 Å². The molecule has 0 spiro atoms. The molecule has 0 radical (unpaired) electrons. The van der Waals surface area contributed by atoms with Crippen LogP contribution in [0.3, 0.4) is 0 Å². The summed E-state index contributed by atoms with van der Waals surface area (Å²) >= 11 is 0. The number of aliphatic hydroxyl groups excluding tert-OH is 1. The van der Waals surface area contributed by atoms with Crippen LogP contribution in [0, 0.1) is 5.82 Å². The number of nitrogens with two attached hydrogens (primary N) is 1. The van der Waals surface area contributed by atoms with Gasteiger partial charge in [0.05, 0.1) is 5.56 Å². The molecule has 1 aromatic rings. The van der Waals surface area contributed by atoms with Gasteiger partial charge in [-0.25, -0.2) is 4.39 Å². The van der Waals surface area contributed by atoms with Crippen molar-refractivity contribution in [3.63, 3.8) is 0 Å². The SMILES string of the molecule is CCN(CCCO)C(=O)c1cc(N)ccc1F. The van der Waals surface area contributed by atoms with Crippen molar-refractivity contribution in [2.24, 2.45) is 0 Å². The minimum Gasteiger partial charge on any atom is -0.399 e. The zero-order valence-electron chi connectivity index (χ0n) is 9.82. The Labute approximate surface area is 99.8 Å². The Balaban J connectivity index is 2.89. The van der Waals surface area contributed by atoms with E-state index in [1.807, 2.05) is 0 Å². The Morgan fingerprint density at radius 3 is 2.82 bits per heavy atom. The van der Waals surface area contributed by atoms with Crippen molar-refractivity contribution in [3.05, 3.63) is 29.6 Å². The Morgan fingerprint density at radius 1 is 1.53 bits per heavy atom. The molecule has 0 aliphatic heterocycles. The fourth-order valence-electron chi connectivity index (χ4n) is 1.54. The highest BCUT2D eigenvalue weighted by Crippen LogP contribution is 2.14. The summed E-state index contributed by atoms with van der Waals surface area (Å²) < 4.78 is 13.5. The van der Waals surface area contributed by atoms with E-state index >= 15 is 0 Å². The van der Waals surface area contributed by atoms with Crippen molar-refractivity contribution in [3.8, 4) is 0 Å². The topological polar surface area (TPSA) is 66.6 Å². The van der Waals surface area contributed by atoms with Crippen LogP contribution in [0.2, 0.25) is 0 Å². The minimum atomic E-state index is -0.577. The lowest BCUT2D eigenvalue weighted by Gasteiger charge is -2.20. The lowest BCUT2D eigenvalue weighted by atomic mass is 10.1. The molecule has 0 bridgehead atoms. The van der Waals surface area contributed by atoms with Crippen molar-refractivity contribution in [2.45, 2.75) is 13.3 Å². The van der Waals surface area contributed by atoms with Crippen molar-refractivity contribution in [1.29, 1.82) is 0 Å². The summed E-state index contributed by atoms with van der Waals surface area (Å²) in [7, 11) is 0. The van der Waals surface area contributed by atoms with Crippen LogP contribution in [-0.2, 0) is 0 Å². The van der Waals surface area contributed by atoms with E-state index in [0.717, 1.165) is 0 Å². The van der Waals surface area contributed by atoms with Gasteiger partial charge in [-0.1, -0.05) is 0 Å². The molecule has 0 atom stereocenters. The first-order chi connectivity index (χ1) is 8.10. The van der Waals surface area contributed by atoms with Crippen LogP contribution < -0.4 is 5.73 Å². The highest BCUT2D eigenvalue weighted by molar-refractivity contribution is 5.95. The van der Waals surface area contributed by atoms with Gasteiger partial charge in [0.2, 0.25) is 0 Å². The van der Waals surface area contributed by atoms with E-state index in [2.05, 4.69) is 0 Å². The third kappa shape index (κ3) is 3.42. The molecule has 5 heteroatoms. The number of benzene rings is 1. The molecule has 0 aliphatic rings. The summed E-state index contributed by atoms with van der Waals surface area (Å²) in [4.78, 5) is 13.5. The average Bonchev–Trinajstić information content (AvgIpc) is 2.33. The standard InChI is InChI=1S/C12H17FN2O2/c1-2-15(6-3-7-16)12(17)10-8-9(14)4-5-11(10)13/h4-5,8,16H,2-3,6-7,14H2,1H3. The largest absolute Gasteiger partial charge is 0.399 e. The second kappa shape index (κ2) is 6.20. The molecule has 0 saturated carbocycles. The summed E-state index contributed by atoms with van der Waals surface area (Å²) in [6, 6.07) is 3.93. The lowest BCUT2D eigenvalue weighted by Crippen LogP contribution is -2.32. The van der Waals surface area contributed by atoms with Crippen LogP contribution >= 0.6 is 0 Å². The first-order valence-corrected chi connectivity index (χ1v) is 5.55. The van der Waals surface area contributed by atoms with Crippen LogP contribution in [0.25, 0.3) is 0 Å². The molecular weight excluding hydrogens is 223 g/mol. The van der Waals surface area contributed by atoms with E-state index in [4.69, 9.17) is 10.8 Å². The number of hydrogen-bond donors (Lipinski definition) is 2. The zero-order valence-corrected chi connectivity index (χ0v) is 9.82. The number of aliphatic hydroxyl groups is 1. The second-order valence-corrected chi connectivity index (χ2v) is 3.70. The third-order valence-electron chi connectivity index (χ3n) is 2.48. The van der Waals surface area contributed by atoms with Crippen LogP contribution in [0.1, 0.15) is 23.7 Å². The summed E-state index contributed by atoms with van der Waals surface area (Å²) in [6.07, 6.45) is 0.476. The number of rotatable bonds is 5. The van der Waals surface area contributed by atoms with E-state index in [0.29, 0.717) is 25.2 Å². The number of nitrogen functional groups attached to an aromatic ring is 1. The van der Waals surface area contributed by atoms with Crippen LogP contribution in [0.5, 0.6) is 0 Å². The van der Waals surface area contributed by atoms with Gasteiger partial charge in [0.15, 0.2) is 0 Å². The van der Waals surface area contributed by atoms with E-state index in [1.165, 1.54) is 23.1 Å². The van der Waals surface area contributed by atoms with Crippen LogP contribution in [0.15, 0.2) is 18.2 Å². The molecule has 0 unspecified atom stereocenters. The van der Waals surface area contributed by atoms with E-state index in [-0.39, 0.29) is 12.2 Å². The Kier molecular flexibility index (Phi) is 4.90. The second-order valence-electron chi connectivity index (χ2n) is 3.70. The maximum Gasteiger partial charge on any atom is 0.256 e. The zero-order chi connectivity index (χ0) is 12.8. The highest BCUT2D eigenvalue weighted by Gasteiger charge is 2.17. The predicted molar refractivity (Wildman–Crippen MR) is 64.1 cm³/mol. The van der Waals surface area contributed by atoms with Crippen LogP contribution in [0.4, 0.5) is 10.1 Å². The predicted octanol–water partition coefficient (Wildman–Crippen LogP) is 1.25. The quantitative estimate of drug-likeness (QED) is 0.761. The summed E-state index contributed by atoms with van der Waals surface area (Å²) in [5.74, 6) is -0.975. The molecule has 1 rings (SSSR count). The number of halogens is 1. The van der Waals surface area contributed by atoms with Gasteiger partial charge in [0.25, 0.3) is 5.91 Å². The molecule has 0 fully saturated rings. The van der Waals surface area contributed by atoms with Gasteiger partial charge >= 0.3 is 0 Å². The smallest absolute Gasteiger partial charge is 0.256 e. The molecule has 17 heavy (non-hydrogen) atoms. The maximum atomic E-state index is 13.5. The summed E-state index contributed by atoms with van der Waals surface area (Å²) in [5.41, 5.74) is 5.86. The van der Waals surface area contributed by atoms with Crippen molar-refractivity contribution in [1.82, 2.24) is 4.90 Å². The molecule has 0 aliphatic carbocycles. The normalized spacial score (nSPS) is 10.3. The van der Waals surface area contributed by atoms with Crippen molar-refractivity contribution in [2.75, 3.05) is 25.4 Å². The Bertz CT molecular complexity index is 396. The monoisotopic (exact) mass is 240 g/mol. The number of carbonyl (C=O) groups is 1. The highest BCUT2D eigenvalue weighted by atomic mass is 19.1. The van der Waals surface area contributed by atoms with Gasteiger partial charge in [-0.05, 0) is 31.5 Å². The van der Waals surface area contributed by atoms with E-state index in [1.54, 1.807) is 6.92 Å². The molecule has 94 valence electrons. The first kappa shape index (κ1) is 13.4. The fourth-order valence-corrected chi connectivity index (χ4v) is 1.54. The Hall–Kier alpha value is -1.62. The minimum absolute atomic E-state index is 0.00317. The maximum absolute atomic E-state index is 13.5. The van der Waals surface area contributed by atoms with Gasteiger partial charge in [0.1, 0.15) is 5.82 Å². The third-order valence-corrected chi connectivity index (χ3v) is 2.48. The van der Waals surface area contributed by atoms with Crippen LogP contribution in [-0.4, -0.2) is 35.6 Å². The molecular formula is C12H17FN2O2. The molecule has 0 saturated heterocycles. The van der Waals surface area contributed by atoms with Gasteiger partial charge in [-0.3, -0.25) is 4.79 Å². The van der Waals surface area contributed by atoms with Gasteiger partial charge in [-0.15, -0.1) is 0 Å². The van der Waals surface area contributed by atoms with E-state index in [9.17, 15) is 9.18 Å². The first-order valence-electron chi connectivity index (χ1n) is 5.55. The van der Waals surface area contributed by atoms with Gasteiger partial charge in [0, 0.05) is 25.4 Å². The number of carbonyl (C=O) groups excluding carboxylic acids is 1. The molecule has 0 aromatic heterocycles. The number of nitrogens with zero attached hydrogens (tertiary/aromatic N) is 1. The lowest BCUT2D eigenvalue weighted by molar-refractivity contribution is 0.0749. The molecule has 1 amide bonds. The molecule has 3 N–H and O–H groups in total. The summed E-state index contributed by atoms with van der Waals surface area (Å²) in [6.45, 7) is 2.68. The molecule has 1 aromatic carbocycles.